The summed E-state index contributed by atoms with van der Waals surface area (Å²) in [5, 5.41) is 3.47. The largest absolute Gasteiger partial charge is 0.228 e. The highest BCUT2D eigenvalue weighted by Gasteiger charge is 2.12. The van der Waals surface area contributed by atoms with E-state index >= 15 is 0 Å². The molecule has 0 fully saturated rings. The molecular weight excluding hydrogens is 316 g/mol. The van der Waals surface area contributed by atoms with Crippen LogP contribution in [0.5, 0.6) is 0 Å². The highest BCUT2D eigenvalue weighted by Crippen LogP contribution is 2.31. The van der Waals surface area contributed by atoms with Gasteiger partial charge in [-0.15, -0.1) is 0 Å². The molecule has 0 amide bonds. The molecule has 122 valence electrons. The number of hydrogen-bond donors (Lipinski definition) is 0. The molecular formula is C24H16N2. The molecule has 0 atom stereocenters. The average molecular weight is 332 g/mol. The fraction of sp³-hybridized carbons (Fsp3) is 0. The van der Waals surface area contributed by atoms with E-state index in [1.807, 2.05) is 36.4 Å². The Hall–Kier alpha value is -3.52. The van der Waals surface area contributed by atoms with E-state index in [0.29, 0.717) is 0 Å². The van der Waals surface area contributed by atoms with Crippen molar-refractivity contribution in [1.29, 1.82) is 0 Å². The molecule has 0 aliphatic carbocycles. The summed E-state index contributed by atoms with van der Waals surface area (Å²) in [7, 11) is 0. The minimum atomic E-state index is 0.757. The zero-order valence-corrected chi connectivity index (χ0v) is 14.1. The van der Waals surface area contributed by atoms with Crippen LogP contribution in [0.25, 0.3) is 44.3 Å². The summed E-state index contributed by atoms with van der Waals surface area (Å²) in [6, 6.07) is 33.2. The van der Waals surface area contributed by atoms with Gasteiger partial charge >= 0.3 is 0 Å². The molecule has 0 saturated carbocycles. The number of rotatable bonds is 2. The molecule has 26 heavy (non-hydrogen) atoms. The molecule has 5 aromatic rings. The Morgan fingerprint density at radius 1 is 0.500 bits per heavy atom. The Kier molecular flexibility index (Phi) is 3.46. The standard InChI is InChI=1S/C24H16N2/c1-3-9-17(10-4-1)23-21-15-19-13-7-8-14-20(19)16-22(21)25-24(26-23)18-11-5-2-6-12-18/h1-16H. The summed E-state index contributed by atoms with van der Waals surface area (Å²) in [5.41, 5.74) is 4.07. The van der Waals surface area contributed by atoms with Gasteiger partial charge in [0.05, 0.1) is 11.2 Å². The Morgan fingerprint density at radius 2 is 1.08 bits per heavy atom. The Balaban J connectivity index is 1.88. The van der Waals surface area contributed by atoms with Crippen molar-refractivity contribution in [2.45, 2.75) is 0 Å². The number of hydrogen-bond acceptors (Lipinski definition) is 2. The predicted molar refractivity (Wildman–Crippen MR) is 108 cm³/mol. The van der Waals surface area contributed by atoms with E-state index in [-0.39, 0.29) is 0 Å². The van der Waals surface area contributed by atoms with Crippen LogP contribution in [0.4, 0.5) is 0 Å². The molecule has 0 N–H and O–H groups in total. The third kappa shape index (κ3) is 2.52. The van der Waals surface area contributed by atoms with Crippen LogP contribution in [0.2, 0.25) is 0 Å². The van der Waals surface area contributed by atoms with Gasteiger partial charge in [-0.3, -0.25) is 0 Å². The molecule has 2 nitrogen and oxygen atoms in total. The maximum Gasteiger partial charge on any atom is 0.160 e. The summed E-state index contributed by atoms with van der Waals surface area (Å²) in [5.74, 6) is 0.757. The van der Waals surface area contributed by atoms with Gasteiger partial charge in [-0.1, -0.05) is 84.9 Å². The average Bonchev–Trinajstić information content (AvgIpc) is 2.73. The number of benzene rings is 4. The van der Waals surface area contributed by atoms with Crippen LogP contribution in [-0.2, 0) is 0 Å². The molecule has 0 radical (unpaired) electrons. The van der Waals surface area contributed by atoms with E-state index in [1.54, 1.807) is 0 Å². The number of fused-ring (bicyclic) bond motifs is 2. The van der Waals surface area contributed by atoms with Crippen molar-refractivity contribution in [3.63, 3.8) is 0 Å². The van der Waals surface area contributed by atoms with Gasteiger partial charge in [0.25, 0.3) is 0 Å². The first-order valence-electron chi connectivity index (χ1n) is 8.70. The van der Waals surface area contributed by atoms with E-state index in [1.165, 1.54) is 10.8 Å². The number of nitrogens with zero attached hydrogens (tertiary/aromatic N) is 2. The third-order valence-corrected chi connectivity index (χ3v) is 4.64. The van der Waals surface area contributed by atoms with Crippen molar-refractivity contribution >= 4 is 21.7 Å². The van der Waals surface area contributed by atoms with Crippen LogP contribution in [0.15, 0.2) is 97.1 Å². The molecule has 5 rings (SSSR count). The Bertz CT molecular complexity index is 1210. The van der Waals surface area contributed by atoms with Crippen molar-refractivity contribution in [1.82, 2.24) is 9.97 Å². The summed E-state index contributed by atoms with van der Waals surface area (Å²) >= 11 is 0. The summed E-state index contributed by atoms with van der Waals surface area (Å²) < 4.78 is 0. The lowest BCUT2D eigenvalue weighted by molar-refractivity contribution is 1.23. The van der Waals surface area contributed by atoms with Crippen LogP contribution >= 0.6 is 0 Å². The van der Waals surface area contributed by atoms with Crippen molar-refractivity contribution in [2.75, 3.05) is 0 Å². The molecule has 4 aromatic carbocycles. The van der Waals surface area contributed by atoms with E-state index in [2.05, 4.69) is 60.7 Å². The third-order valence-electron chi connectivity index (χ3n) is 4.64. The lowest BCUT2D eigenvalue weighted by atomic mass is 10.0. The van der Waals surface area contributed by atoms with Crippen molar-refractivity contribution in [3.05, 3.63) is 97.1 Å². The van der Waals surface area contributed by atoms with Crippen molar-refractivity contribution in [3.8, 4) is 22.6 Å². The fourth-order valence-electron chi connectivity index (χ4n) is 3.35. The summed E-state index contributed by atoms with van der Waals surface area (Å²) in [6.45, 7) is 0. The van der Waals surface area contributed by atoms with Gasteiger partial charge < -0.3 is 0 Å². The SMILES string of the molecule is c1ccc(-c2nc(-c3ccccc3)c3cc4ccccc4cc3n2)cc1. The first-order chi connectivity index (χ1) is 12.9. The van der Waals surface area contributed by atoms with Gasteiger partial charge in [-0.25, -0.2) is 9.97 Å². The molecule has 0 spiro atoms. The summed E-state index contributed by atoms with van der Waals surface area (Å²) in [4.78, 5) is 9.81. The van der Waals surface area contributed by atoms with Gasteiger partial charge in [0.2, 0.25) is 0 Å². The maximum absolute atomic E-state index is 4.94. The zero-order valence-electron chi connectivity index (χ0n) is 14.1. The monoisotopic (exact) mass is 332 g/mol. The molecule has 0 aliphatic heterocycles. The van der Waals surface area contributed by atoms with Crippen LogP contribution < -0.4 is 0 Å². The molecule has 1 heterocycles. The summed E-state index contributed by atoms with van der Waals surface area (Å²) in [6.07, 6.45) is 0. The first-order valence-corrected chi connectivity index (χ1v) is 8.70. The first kappa shape index (κ1) is 14.8. The lowest BCUT2D eigenvalue weighted by Crippen LogP contribution is -1.95. The van der Waals surface area contributed by atoms with Crippen LogP contribution in [0, 0.1) is 0 Å². The van der Waals surface area contributed by atoms with Gasteiger partial charge in [0.15, 0.2) is 5.82 Å². The highest BCUT2D eigenvalue weighted by molar-refractivity contribution is 6.02. The normalized spacial score (nSPS) is 11.1. The van der Waals surface area contributed by atoms with E-state index in [4.69, 9.17) is 9.97 Å². The molecule has 0 bridgehead atoms. The molecule has 0 saturated heterocycles. The smallest absolute Gasteiger partial charge is 0.160 e. The minimum absolute atomic E-state index is 0.757. The highest BCUT2D eigenvalue weighted by atomic mass is 14.9. The van der Waals surface area contributed by atoms with Gasteiger partial charge in [0.1, 0.15) is 0 Å². The quantitative estimate of drug-likeness (QED) is 0.364. The van der Waals surface area contributed by atoms with Crippen LogP contribution in [-0.4, -0.2) is 9.97 Å². The van der Waals surface area contributed by atoms with E-state index < -0.39 is 0 Å². The van der Waals surface area contributed by atoms with Crippen molar-refractivity contribution < 1.29 is 0 Å². The van der Waals surface area contributed by atoms with E-state index in [0.717, 1.165) is 33.5 Å². The fourth-order valence-corrected chi connectivity index (χ4v) is 3.35. The van der Waals surface area contributed by atoms with E-state index in [9.17, 15) is 0 Å². The van der Waals surface area contributed by atoms with Crippen LogP contribution in [0.1, 0.15) is 0 Å². The molecule has 2 heteroatoms. The molecule has 0 aliphatic rings. The molecule has 1 aromatic heterocycles. The Morgan fingerprint density at radius 3 is 1.77 bits per heavy atom. The maximum atomic E-state index is 4.94. The van der Waals surface area contributed by atoms with Gasteiger partial charge in [-0.2, -0.15) is 0 Å². The van der Waals surface area contributed by atoms with Gasteiger partial charge in [0, 0.05) is 16.5 Å². The molecule has 0 unspecified atom stereocenters. The zero-order chi connectivity index (χ0) is 17.3. The second-order valence-corrected chi connectivity index (χ2v) is 6.34. The Labute approximate surface area is 151 Å². The lowest BCUT2D eigenvalue weighted by Gasteiger charge is -2.10. The second-order valence-electron chi connectivity index (χ2n) is 6.34. The minimum Gasteiger partial charge on any atom is -0.228 e. The topological polar surface area (TPSA) is 25.8 Å². The van der Waals surface area contributed by atoms with Crippen LogP contribution in [0.3, 0.4) is 0 Å². The van der Waals surface area contributed by atoms with Gasteiger partial charge in [-0.05, 0) is 22.9 Å². The predicted octanol–water partition coefficient (Wildman–Crippen LogP) is 6.12. The number of aromatic nitrogens is 2. The second kappa shape index (κ2) is 6.08. The van der Waals surface area contributed by atoms with Crippen molar-refractivity contribution in [2.24, 2.45) is 0 Å².